The summed E-state index contributed by atoms with van der Waals surface area (Å²) in [6.45, 7) is 5.96. The zero-order valence-corrected chi connectivity index (χ0v) is 24.0. The summed E-state index contributed by atoms with van der Waals surface area (Å²) in [4.78, 5) is 18.7. The number of hydrogen-bond donors (Lipinski definition) is 1. The molecule has 8 heteroatoms. The molecule has 3 fully saturated rings. The van der Waals surface area contributed by atoms with Crippen molar-refractivity contribution in [2.24, 2.45) is 0 Å². The minimum absolute atomic E-state index is 0.110. The van der Waals surface area contributed by atoms with Gasteiger partial charge in [0.05, 0.1) is 6.04 Å². The highest BCUT2D eigenvalue weighted by molar-refractivity contribution is 6.31. The van der Waals surface area contributed by atoms with Gasteiger partial charge in [-0.25, -0.2) is 13.2 Å². The summed E-state index contributed by atoms with van der Waals surface area (Å²) < 4.78 is 43.0. The third-order valence-corrected chi connectivity index (χ3v) is 9.88. The maximum atomic E-state index is 14.5. The fourth-order valence-electron chi connectivity index (χ4n) is 7.12. The number of piperidine rings is 2. The lowest BCUT2D eigenvalue weighted by Crippen LogP contribution is -2.48. The molecule has 0 aromatic heterocycles. The van der Waals surface area contributed by atoms with E-state index < -0.39 is 28.9 Å². The molecule has 4 nitrogen and oxygen atoms in total. The van der Waals surface area contributed by atoms with Crippen LogP contribution >= 0.6 is 11.6 Å². The summed E-state index contributed by atoms with van der Waals surface area (Å²) >= 11 is 6.23. The van der Waals surface area contributed by atoms with Crippen molar-refractivity contribution < 1.29 is 18.0 Å². The van der Waals surface area contributed by atoms with Crippen LogP contribution in [0.1, 0.15) is 68.9 Å². The van der Waals surface area contributed by atoms with Crippen molar-refractivity contribution in [3.05, 3.63) is 70.0 Å². The molecular weight excluding hydrogens is 535 g/mol. The maximum absolute atomic E-state index is 14.5. The van der Waals surface area contributed by atoms with Crippen molar-refractivity contribution in [1.29, 1.82) is 0 Å². The highest BCUT2D eigenvalue weighted by Crippen LogP contribution is 2.41. The minimum Gasteiger partial charge on any atom is -0.307 e. The Labute approximate surface area is 241 Å². The van der Waals surface area contributed by atoms with Crippen LogP contribution in [0.15, 0.2) is 36.4 Å². The van der Waals surface area contributed by atoms with Gasteiger partial charge < -0.3 is 15.1 Å². The summed E-state index contributed by atoms with van der Waals surface area (Å²) in [5.41, 5.74) is 0.441. The number of benzene rings is 2. The zero-order chi connectivity index (χ0) is 28.1. The molecule has 218 valence electrons. The number of Topliss-reactive ketones (excluding diaryl/α,β-unsaturated/α-hetero) is 1. The van der Waals surface area contributed by atoms with Crippen molar-refractivity contribution in [3.8, 4) is 0 Å². The Bertz CT molecular complexity index is 1150. The van der Waals surface area contributed by atoms with Crippen molar-refractivity contribution in [2.45, 2.75) is 81.7 Å². The van der Waals surface area contributed by atoms with Gasteiger partial charge in [-0.15, -0.1) is 0 Å². The van der Waals surface area contributed by atoms with E-state index in [4.69, 9.17) is 11.6 Å². The van der Waals surface area contributed by atoms with E-state index in [1.54, 1.807) is 12.1 Å². The maximum Gasteiger partial charge on any atom is 0.159 e. The molecule has 3 heterocycles. The van der Waals surface area contributed by atoms with Crippen LogP contribution in [0.3, 0.4) is 0 Å². The molecule has 3 saturated heterocycles. The van der Waals surface area contributed by atoms with Gasteiger partial charge in [-0.2, -0.15) is 0 Å². The second-order valence-corrected chi connectivity index (χ2v) is 12.4. The van der Waals surface area contributed by atoms with Gasteiger partial charge in [-0.05, 0) is 126 Å². The number of nitrogens with zero attached hydrogens (tertiary/aromatic N) is 2. The van der Waals surface area contributed by atoms with Crippen molar-refractivity contribution in [1.82, 2.24) is 15.1 Å². The summed E-state index contributed by atoms with van der Waals surface area (Å²) in [6, 6.07) is 8.76. The molecule has 0 aliphatic carbocycles. The molecule has 3 aliphatic heterocycles. The van der Waals surface area contributed by atoms with E-state index in [-0.39, 0.29) is 22.8 Å². The van der Waals surface area contributed by atoms with E-state index in [0.29, 0.717) is 19.0 Å². The van der Waals surface area contributed by atoms with Gasteiger partial charge >= 0.3 is 0 Å². The number of hydrogen-bond acceptors (Lipinski definition) is 4. The second-order valence-electron chi connectivity index (χ2n) is 12.0. The second kappa shape index (κ2) is 13.4. The fourth-order valence-corrected chi connectivity index (χ4v) is 7.35. The fraction of sp³-hybridized carbons (Fsp3) is 0.594. The number of halogens is 4. The molecule has 0 spiro atoms. The van der Waals surface area contributed by atoms with Crippen molar-refractivity contribution >= 4 is 17.4 Å². The number of ketones is 1. The van der Waals surface area contributed by atoms with Crippen LogP contribution in [-0.2, 0) is 16.6 Å². The van der Waals surface area contributed by atoms with Gasteiger partial charge in [-0.1, -0.05) is 30.2 Å². The van der Waals surface area contributed by atoms with Gasteiger partial charge in [-0.3, -0.25) is 4.79 Å². The minimum atomic E-state index is -0.868. The van der Waals surface area contributed by atoms with Crippen LogP contribution in [0.5, 0.6) is 0 Å². The topological polar surface area (TPSA) is 35.6 Å². The number of carbonyl (C=O) groups is 1. The van der Waals surface area contributed by atoms with Crippen molar-refractivity contribution in [3.63, 3.8) is 0 Å². The molecule has 2 unspecified atom stereocenters. The van der Waals surface area contributed by atoms with Gasteiger partial charge in [0.25, 0.3) is 0 Å². The molecular formula is C32H41ClF3N3O. The van der Waals surface area contributed by atoms with Crippen LogP contribution in [-0.4, -0.2) is 66.9 Å². The number of rotatable bonds is 8. The summed E-state index contributed by atoms with van der Waals surface area (Å²) in [5.74, 6) is -2.36. The largest absolute Gasteiger partial charge is 0.307 e. The van der Waals surface area contributed by atoms with Crippen LogP contribution in [0.25, 0.3) is 0 Å². The quantitative estimate of drug-likeness (QED) is 0.401. The molecule has 2 aromatic carbocycles. The molecule has 0 saturated carbocycles. The first-order valence-electron chi connectivity index (χ1n) is 15.0. The van der Waals surface area contributed by atoms with E-state index in [0.717, 1.165) is 57.3 Å². The Morgan fingerprint density at radius 1 is 0.950 bits per heavy atom. The van der Waals surface area contributed by atoms with Gasteiger partial charge in [0.1, 0.15) is 5.82 Å². The van der Waals surface area contributed by atoms with Crippen LogP contribution in [0.2, 0.25) is 5.02 Å². The molecule has 1 N–H and O–H groups in total. The summed E-state index contributed by atoms with van der Waals surface area (Å²) in [7, 11) is 0. The molecule has 0 bridgehead atoms. The van der Waals surface area contributed by atoms with E-state index >= 15 is 0 Å². The first-order valence-corrected chi connectivity index (χ1v) is 15.3. The summed E-state index contributed by atoms with van der Waals surface area (Å²) in [5, 5.41) is 3.61. The van der Waals surface area contributed by atoms with E-state index in [1.807, 2.05) is 0 Å². The van der Waals surface area contributed by atoms with Gasteiger partial charge in [0, 0.05) is 23.0 Å². The first-order chi connectivity index (χ1) is 19.3. The molecule has 2 aromatic rings. The van der Waals surface area contributed by atoms with Crippen LogP contribution < -0.4 is 5.32 Å². The summed E-state index contributed by atoms with van der Waals surface area (Å²) in [6.07, 6.45) is 8.91. The Morgan fingerprint density at radius 2 is 1.73 bits per heavy atom. The number of nitrogens with one attached hydrogen (secondary N) is 1. The standard InChI is InChI=1S/C32H41ClF3N3O/c33-26-6-4-7-27(34)25(26)21-31(40)30-22-32(12-5-14-37-30,23-8-9-28(35)29(36)20-23)13-19-38-17-10-24(11-18-38)39-15-2-1-3-16-39/h4,6-9,20,24,30,37H,1-3,5,10-19,21-22H2. The zero-order valence-electron chi connectivity index (χ0n) is 23.2. The van der Waals surface area contributed by atoms with E-state index in [9.17, 15) is 18.0 Å². The SMILES string of the molecule is O=C(Cc1c(F)cccc1Cl)C1CC(CCN2CCC(N3CCCCC3)CC2)(c2ccc(F)c(F)c2)CCCN1. The Morgan fingerprint density at radius 3 is 2.45 bits per heavy atom. The molecule has 3 aliphatic rings. The van der Waals surface area contributed by atoms with Gasteiger partial charge in [0.15, 0.2) is 17.4 Å². The first kappa shape index (κ1) is 29.6. The molecule has 0 radical (unpaired) electrons. The highest BCUT2D eigenvalue weighted by atomic mass is 35.5. The van der Waals surface area contributed by atoms with E-state index in [1.165, 1.54) is 56.6 Å². The molecule has 0 amide bonds. The monoisotopic (exact) mass is 575 g/mol. The van der Waals surface area contributed by atoms with Crippen LogP contribution in [0.4, 0.5) is 13.2 Å². The third kappa shape index (κ3) is 6.92. The third-order valence-electron chi connectivity index (χ3n) is 9.52. The highest BCUT2D eigenvalue weighted by Gasteiger charge is 2.39. The predicted octanol–water partition coefficient (Wildman–Crippen LogP) is 6.29. The smallest absolute Gasteiger partial charge is 0.159 e. The van der Waals surface area contributed by atoms with Gasteiger partial charge in [0.2, 0.25) is 0 Å². The molecule has 5 rings (SSSR count). The number of likely N-dealkylation sites (tertiary alicyclic amines) is 2. The van der Waals surface area contributed by atoms with Crippen LogP contribution in [0, 0.1) is 17.5 Å². The lowest BCUT2D eigenvalue weighted by Gasteiger charge is -2.42. The average molecular weight is 576 g/mol. The average Bonchev–Trinajstić information content (AvgIpc) is 3.20. The molecule has 2 atom stereocenters. The Kier molecular flexibility index (Phi) is 9.88. The van der Waals surface area contributed by atoms with E-state index in [2.05, 4.69) is 15.1 Å². The lowest BCUT2D eigenvalue weighted by atomic mass is 9.69. The number of carbonyl (C=O) groups excluding carboxylic acids is 1. The Balaban J connectivity index is 1.32. The Hall–Kier alpha value is -1.93. The van der Waals surface area contributed by atoms with Crippen molar-refractivity contribution in [2.75, 3.05) is 39.3 Å². The molecule has 40 heavy (non-hydrogen) atoms. The normalized spacial score (nSPS) is 25.6. The lowest BCUT2D eigenvalue weighted by molar-refractivity contribution is -0.120. The predicted molar refractivity (Wildman–Crippen MR) is 153 cm³/mol.